The first-order valence-electron chi connectivity index (χ1n) is 9.49. The maximum Gasteiger partial charge on any atom is 0.124 e. The Labute approximate surface area is 146 Å². The third-order valence-corrected chi connectivity index (χ3v) is 5.02. The van der Waals surface area contributed by atoms with E-state index in [-0.39, 0.29) is 12.1 Å². The standard InChI is InChI=1S/C21H30N2O/c1-2-11-19-21(17-12-7-6-8-13-17)23-20(22-19)16-24-18-14-9-4-3-5-10-15-18/h2,6-8,11-13,18-19,21H,3-5,9-10,14-16H2,1H3,(H,22,23)/b11-2+/t19-,21+/m0/s1. The van der Waals surface area contributed by atoms with E-state index in [2.05, 4.69) is 54.7 Å². The van der Waals surface area contributed by atoms with Crippen molar-refractivity contribution in [3.63, 3.8) is 0 Å². The number of benzene rings is 1. The highest BCUT2D eigenvalue weighted by Crippen LogP contribution is 2.27. The summed E-state index contributed by atoms with van der Waals surface area (Å²) in [5.41, 5.74) is 1.26. The summed E-state index contributed by atoms with van der Waals surface area (Å²) in [6.07, 6.45) is 13.8. The van der Waals surface area contributed by atoms with E-state index in [0.29, 0.717) is 12.7 Å². The summed E-state index contributed by atoms with van der Waals surface area (Å²) in [5, 5.41) is 3.55. The summed E-state index contributed by atoms with van der Waals surface area (Å²) in [5.74, 6) is 0.994. The molecule has 1 aromatic carbocycles. The van der Waals surface area contributed by atoms with Gasteiger partial charge in [-0.3, -0.25) is 4.99 Å². The number of aliphatic imine (C=N–C) groups is 1. The average Bonchev–Trinajstić information content (AvgIpc) is 2.98. The molecule has 1 fully saturated rings. The highest BCUT2D eigenvalue weighted by Gasteiger charge is 2.28. The Morgan fingerprint density at radius 1 is 1.08 bits per heavy atom. The van der Waals surface area contributed by atoms with Gasteiger partial charge in [0.25, 0.3) is 0 Å². The van der Waals surface area contributed by atoms with Gasteiger partial charge >= 0.3 is 0 Å². The molecule has 1 aliphatic heterocycles. The number of allylic oxidation sites excluding steroid dienone is 1. The van der Waals surface area contributed by atoms with Gasteiger partial charge in [0.15, 0.2) is 0 Å². The minimum absolute atomic E-state index is 0.151. The van der Waals surface area contributed by atoms with Crippen molar-refractivity contribution in [2.45, 2.75) is 70.1 Å². The molecule has 3 nitrogen and oxygen atoms in total. The molecule has 2 aliphatic rings. The molecule has 0 aromatic heterocycles. The van der Waals surface area contributed by atoms with Crippen LogP contribution in [-0.4, -0.2) is 24.6 Å². The number of hydrogen-bond acceptors (Lipinski definition) is 3. The van der Waals surface area contributed by atoms with Crippen LogP contribution in [0.15, 0.2) is 47.5 Å². The van der Waals surface area contributed by atoms with Gasteiger partial charge in [0.2, 0.25) is 0 Å². The molecular formula is C21H30N2O. The van der Waals surface area contributed by atoms with Gasteiger partial charge < -0.3 is 10.1 Å². The minimum Gasteiger partial charge on any atom is -0.370 e. The molecule has 2 atom stereocenters. The van der Waals surface area contributed by atoms with Gasteiger partial charge in [-0.1, -0.05) is 74.6 Å². The lowest BCUT2D eigenvalue weighted by Crippen LogP contribution is -2.33. The Hall–Kier alpha value is -1.61. The quantitative estimate of drug-likeness (QED) is 0.788. The van der Waals surface area contributed by atoms with Crippen LogP contribution in [0.2, 0.25) is 0 Å². The van der Waals surface area contributed by atoms with E-state index in [0.717, 1.165) is 5.84 Å². The van der Waals surface area contributed by atoms with Crippen LogP contribution < -0.4 is 5.32 Å². The summed E-state index contributed by atoms with van der Waals surface area (Å²) in [4.78, 5) is 4.91. The zero-order chi connectivity index (χ0) is 16.6. The van der Waals surface area contributed by atoms with Crippen molar-refractivity contribution in [3.8, 4) is 0 Å². The summed E-state index contributed by atoms with van der Waals surface area (Å²) in [7, 11) is 0. The predicted octanol–water partition coefficient (Wildman–Crippen LogP) is 4.80. The van der Waals surface area contributed by atoms with Crippen LogP contribution in [0, 0.1) is 0 Å². The predicted molar refractivity (Wildman–Crippen MR) is 100 cm³/mol. The maximum atomic E-state index is 6.20. The summed E-state index contributed by atoms with van der Waals surface area (Å²) in [6, 6.07) is 10.9. The van der Waals surface area contributed by atoms with Crippen molar-refractivity contribution in [1.29, 1.82) is 0 Å². The molecule has 0 spiro atoms. The molecule has 0 unspecified atom stereocenters. The topological polar surface area (TPSA) is 33.6 Å². The average molecular weight is 326 g/mol. The Bertz CT molecular complexity index is 544. The van der Waals surface area contributed by atoms with Gasteiger partial charge in [0.05, 0.1) is 12.1 Å². The largest absolute Gasteiger partial charge is 0.370 e. The van der Waals surface area contributed by atoms with Crippen molar-refractivity contribution < 1.29 is 4.74 Å². The fraction of sp³-hybridized carbons (Fsp3) is 0.571. The number of hydrogen-bond donors (Lipinski definition) is 1. The molecule has 130 valence electrons. The zero-order valence-electron chi connectivity index (χ0n) is 14.8. The van der Waals surface area contributed by atoms with Gasteiger partial charge in [-0.25, -0.2) is 0 Å². The van der Waals surface area contributed by atoms with Crippen molar-refractivity contribution in [3.05, 3.63) is 48.0 Å². The molecule has 24 heavy (non-hydrogen) atoms. The molecule has 1 aliphatic carbocycles. The number of rotatable bonds is 5. The summed E-state index contributed by atoms with van der Waals surface area (Å²) in [6.45, 7) is 2.68. The molecule has 1 aromatic rings. The molecule has 3 rings (SSSR count). The first-order valence-corrected chi connectivity index (χ1v) is 9.49. The Balaban J connectivity index is 1.60. The lowest BCUT2D eigenvalue weighted by molar-refractivity contribution is 0.0600. The van der Waals surface area contributed by atoms with Crippen LogP contribution in [0.1, 0.15) is 63.5 Å². The molecule has 0 amide bonds. The number of ether oxygens (including phenoxy) is 1. The second-order valence-corrected chi connectivity index (χ2v) is 6.91. The Morgan fingerprint density at radius 2 is 1.79 bits per heavy atom. The number of amidine groups is 1. The fourth-order valence-electron chi connectivity index (χ4n) is 3.71. The lowest BCUT2D eigenvalue weighted by Gasteiger charge is -2.20. The number of nitrogens with zero attached hydrogens (tertiary/aromatic N) is 1. The second-order valence-electron chi connectivity index (χ2n) is 6.91. The van der Waals surface area contributed by atoms with Crippen LogP contribution in [0.4, 0.5) is 0 Å². The molecule has 1 heterocycles. The van der Waals surface area contributed by atoms with Gasteiger partial charge in [0, 0.05) is 0 Å². The van der Waals surface area contributed by atoms with Crippen LogP contribution in [0.25, 0.3) is 0 Å². The molecule has 3 heteroatoms. The van der Waals surface area contributed by atoms with Crippen molar-refractivity contribution in [2.75, 3.05) is 6.61 Å². The number of nitrogens with one attached hydrogen (secondary N) is 1. The molecule has 0 radical (unpaired) electrons. The molecule has 1 N–H and O–H groups in total. The lowest BCUT2D eigenvalue weighted by atomic mass is 9.99. The zero-order valence-corrected chi connectivity index (χ0v) is 14.8. The van der Waals surface area contributed by atoms with Gasteiger partial charge in [-0.15, -0.1) is 0 Å². The van der Waals surface area contributed by atoms with E-state index in [1.807, 2.05) is 0 Å². The van der Waals surface area contributed by atoms with Crippen molar-refractivity contribution in [1.82, 2.24) is 5.32 Å². The van der Waals surface area contributed by atoms with Crippen LogP contribution in [0.3, 0.4) is 0 Å². The third kappa shape index (κ3) is 4.70. The minimum atomic E-state index is 0.151. The second kappa shape index (κ2) is 9.03. The third-order valence-electron chi connectivity index (χ3n) is 5.02. The van der Waals surface area contributed by atoms with E-state index in [9.17, 15) is 0 Å². The normalized spacial score (nSPS) is 26.0. The van der Waals surface area contributed by atoms with Crippen LogP contribution >= 0.6 is 0 Å². The van der Waals surface area contributed by atoms with Crippen LogP contribution in [-0.2, 0) is 4.74 Å². The monoisotopic (exact) mass is 326 g/mol. The fourth-order valence-corrected chi connectivity index (χ4v) is 3.71. The van der Waals surface area contributed by atoms with E-state index in [1.165, 1.54) is 50.5 Å². The molecular weight excluding hydrogens is 296 g/mol. The van der Waals surface area contributed by atoms with Gasteiger partial charge in [-0.2, -0.15) is 0 Å². The highest BCUT2D eigenvalue weighted by atomic mass is 16.5. The Kier molecular flexibility index (Phi) is 6.48. The SMILES string of the molecule is C/C=C/[C@@H]1NC(COC2CCCCCCC2)=N[C@@H]1c1ccccc1. The van der Waals surface area contributed by atoms with E-state index >= 15 is 0 Å². The smallest absolute Gasteiger partial charge is 0.124 e. The molecule has 1 saturated carbocycles. The molecule has 0 bridgehead atoms. The first kappa shape index (κ1) is 17.2. The summed E-state index contributed by atoms with van der Waals surface area (Å²) < 4.78 is 6.20. The van der Waals surface area contributed by atoms with E-state index < -0.39 is 0 Å². The van der Waals surface area contributed by atoms with Gasteiger partial charge in [0.1, 0.15) is 18.5 Å². The van der Waals surface area contributed by atoms with E-state index in [4.69, 9.17) is 9.73 Å². The summed E-state index contributed by atoms with van der Waals surface area (Å²) >= 11 is 0. The van der Waals surface area contributed by atoms with Crippen molar-refractivity contribution >= 4 is 5.84 Å². The van der Waals surface area contributed by atoms with Crippen molar-refractivity contribution in [2.24, 2.45) is 4.99 Å². The van der Waals surface area contributed by atoms with Gasteiger partial charge in [-0.05, 0) is 25.3 Å². The molecule has 0 saturated heterocycles. The van der Waals surface area contributed by atoms with E-state index in [1.54, 1.807) is 0 Å². The highest BCUT2D eigenvalue weighted by molar-refractivity contribution is 5.86. The maximum absolute atomic E-state index is 6.20. The Morgan fingerprint density at radius 3 is 2.50 bits per heavy atom. The van der Waals surface area contributed by atoms with Crippen LogP contribution in [0.5, 0.6) is 0 Å². The first-order chi connectivity index (χ1) is 11.9.